The van der Waals surface area contributed by atoms with E-state index in [9.17, 15) is 4.79 Å². The predicted molar refractivity (Wildman–Crippen MR) is 91.4 cm³/mol. The van der Waals surface area contributed by atoms with Gasteiger partial charge in [0, 0.05) is 12.1 Å². The molecule has 118 valence electrons. The summed E-state index contributed by atoms with van der Waals surface area (Å²) in [5.41, 5.74) is 2.41. The maximum absolute atomic E-state index is 12.1. The van der Waals surface area contributed by atoms with Crippen molar-refractivity contribution in [3.63, 3.8) is 0 Å². The minimum absolute atomic E-state index is 0.0369. The van der Waals surface area contributed by atoms with Crippen LogP contribution < -0.4 is 5.32 Å². The SMILES string of the molecule is CCc1ccc(/C=C\C(=O)N[C@@H](C)[C@@H]2C[C@H]3CC[C@H]2C3)cc1. The summed E-state index contributed by atoms with van der Waals surface area (Å²) >= 11 is 0. The van der Waals surface area contributed by atoms with Crippen LogP contribution in [0.4, 0.5) is 0 Å². The van der Waals surface area contributed by atoms with Crippen LogP contribution in [-0.2, 0) is 11.2 Å². The van der Waals surface area contributed by atoms with Crippen molar-refractivity contribution in [2.75, 3.05) is 0 Å². The molecular weight excluding hydrogens is 270 g/mol. The quantitative estimate of drug-likeness (QED) is 0.811. The lowest BCUT2D eigenvalue weighted by Crippen LogP contribution is -2.39. The zero-order valence-corrected chi connectivity index (χ0v) is 13.7. The first-order valence-electron chi connectivity index (χ1n) is 8.73. The van der Waals surface area contributed by atoms with E-state index in [0.717, 1.165) is 23.8 Å². The van der Waals surface area contributed by atoms with Crippen LogP contribution in [0.15, 0.2) is 30.3 Å². The summed E-state index contributed by atoms with van der Waals surface area (Å²) in [5, 5.41) is 3.17. The molecule has 0 unspecified atom stereocenters. The van der Waals surface area contributed by atoms with Crippen LogP contribution in [0.2, 0.25) is 0 Å². The van der Waals surface area contributed by atoms with E-state index in [-0.39, 0.29) is 5.91 Å². The van der Waals surface area contributed by atoms with Crippen molar-refractivity contribution in [2.24, 2.45) is 17.8 Å². The van der Waals surface area contributed by atoms with E-state index >= 15 is 0 Å². The third-order valence-corrected chi connectivity index (χ3v) is 5.62. The van der Waals surface area contributed by atoms with Gasteiger partial charge in [0.15, 0.2) is 0 Å². The molecule has 4 atom stereocenters. The van der Waals surface area contributed by atoms with Crippen LogP contribution in [-0.4, -0.2) is 11.9 Å². The van der Waals surface area contributed by atoms with Gasteiger partial charge in [0.25, 0.3) is 0 Å². The molecule has 1 aromatic rings. The Bertz CT molecular complexity index is 545. The van der Waals surface area contributed by atoms with Gasteiger partial charge in [-0.3, -0.25) is 4.79 Å². The van der Waals surface area contributed by atoms with Gasteiger partial charge >= 0.3 is 0 Å². The van der Waals surface area contributed by atoms with Crippen LogP contribution in [0.3, 0.4) is 0 Å². The average Bonchev–Trinajstić information content (AvgIpc) is 3.16. The number of fused-ring (bicyclic) bond motifs is 2. The average molecular weight is 297 g/mol. The second-order valence-electron chi connectivity index (χ2n) is 7.06. The summed E-state index contributed by atoms with van der Waals surface area (Å²) in [6, 6.07) is 8.68. The maximum atomic E-state index is 12.1. The number of nitrogens with one attached hydrogen (secondary N) is 1. The van der Waals surface area contributed by atoms with Gasteiger partial charge in [-0.1, -0.05) is 37.6 Å². The normalized spacial score (nSPS) is 28.2. The molecule has 1 amide bonds. The highest BCUT2D eigenvalue weighted by Crippen LogP contribution is 2.49. The number of hydrogen-bond donors (Lipinski definition) is 1. The molecule has 2 aliphatic carbocycles. The summed E-state index contributed by atoms with van der Waals surface area (Å²) in [5.74, 6) is 2.52. The van der Waals surface area contributed by atoms with Gasteiger partial charge < -0.3 is 5.32 Å². The van der Waals surface area contributed by atoms with Crippen molar-refractivity contribution >= 4 is 12.0 Å². The third-order valence-electron chi connectivity index (χ3n) is 5.62. The lowest BCUT2D eigenvalue weighted by atomic mass is 9.84. The van der Waals surface area contributed by atoms with E-state index in [0.29, 0.717) is 12.0 Å². The molecule has 0 spiro atoms. The Balaban J connectivity index is 1.52. The Hall–Kier alpha value is -1.57. The lowest BCUT2D eigenvalue weighted by molar-refractivity contribution is -0.117. The van der Waals surface area contributed by atoms with Crippen LogP contribution in [0.5, 0.6) is 0 Å². The highest BCUT2D eigenvalue weighted by molar-refractivity contribution is 5.91. The molecule has 0 heterocycles. The molecule has 0 radical (unpaired) electrons. The number of carbonyl (C=O) groups excluding carboxylic acids is 1. The molecule has 0 aliphatic heterocycles. The monoisotopic (exact) mass is 297 g/mol. The Morgan fingerprint density at radius 3 is 2.64 bits per heavy atom. The Labute approximate surface area is 134 Å². The van der Waals surface area contributed by atoms with Gasteiger partial charge in [-0.2, -0.15) is 0 Å². The summed E-state index contributed by atoms with van der Waals surface area (Å²) in [6.07, 6.45) is 10.1. The van der Waals surface area contributed by atoms with Crippen molar-refractivity contribution in [1.29, 1.82) is 0 Å². The van der Waals surface area contributed by atoms with E-state index in [4.69, 9.17) is 0 Å². The lowest BCUT2D eigenvalue weighted by Gasteiger charge is -2.28. The third kappa shape index (κ3) is 3.43. The van der Waals surface area contributed by atoms with Crippen molar-refractivity contribution in [2.45, 2.75) is 52.0 Å². The maximum Gasteiger partial charge on any atom is 0.244 e. The molecule has 22 heavy (non-hydrogen) atoms. The Kier molecular flexibility index (Phi) is 4.66. The number of rotatable bonds is 5. The number of amides is 1. The largest absolute Gasteiger partial charge is 0.350 e. The van der Waals surface area contributed by atoms with Crippen LogP contribution in [0.1, 0.15) is 50.7 Å². The van der Waals surface area contributed by atoms with Gasteiger partial charge in [0.05, 0.1) is 0 Å². The van der Waals surface area contributed by atoms with Gasteiger partial charge in [0.2, 0.25) is 5.91 Å². The number of hydrogen-bond acceptors (Lipinski definition) is 1. The molecule has 2 aliphatic rings. The van der Waals surface area contributed by atoms with Gasteiger partial charge in [-0.15, -0.1) is 0 Å². The standard InChI is InChI=1S/C20H27NO/c1-3-15-4-6-16(7-5-15)9-11-20(22)21-14(2)19-13-17-8-10-18(19)12-17/h4-7,9,11,14,17-19H,3,8,10,12-13H2,1-2H3,(H,21,22)/b11-9-/t14-,17-,18-,19-/m0/s1. The van der Waals surface area contributed by atoms with E-state index in [1.165, 1.54) is 31.2 Å². The van der Waals surface area contributed by atoms with Crippen LogP contribution >= 0.6 is 0 Å². The second-order valence-corrected chi connectivity index (χ2v) is 7.06. The van der Waals surface area contributed by atoms with E-state index in [1.54, 1.807) is 6.08 Å². The molecule has 0 saturated heterocycles. The van der Waals surface area contributed by atoms with Gasteiger partial charge in [-0.05, 0) is 67.6 Å². The fraction of sp³-hybridized carbons (Fsp3) is 0.550. The van der Waals surface area contributed by atoms with Crippen molar-refractivity contribution in [1.82, 2.24) is 5.32 Å². The predicted octanol–water partition coefficient (Wildman–Crippen LogP) is 4.20. The summed E-state index contributed by atoms with van der Waals surface area (Å²) in [4.78, 5) is 12.1. The summed E-state index contributed by atoms with van der Waals surface area (Å²) < 4.78 is 0. The molecule has 3 rings (SSSR count). The molecular formula is C20H27NO. The molecule has 2 saturated carbocycles. The molecule has 0 aromatic heterocycles. The molecule has 2 heteroatoms. The fourth-order valence-electron chi connectivity index (χ4n) is 4.32. The molecule has 2 fully saturated rings. The Morgan fingerprint density at radius 1 is 1.27 bits per heavy atom. The topological polar surface area (TPSA) is 29.1 Å². The zero-order valence-electron chi connectivity index (χ0n) is 13.7. The van der Waals surface area contributed by atoms with E-state index in [2.05, 4.69) is 43.4 Å². The van der Waals surface area contributed by atoms with E-state index in [1.807, 2.05) is 6.08 Å². The first-order valence-corrected chi connectivity index (χ1v) is 8.73. The second kappa shape index (κ2) is 6.68. The molecule has 1 aromatic carbocycles. The van der Waals surface area contributed by atoms with Gasteiger partial charge in [0.1, 0.15) is 0 Å². The van der Waals surface area contributed by atoms with Crippen LogP contribution in [0, 0.1) is 17.8 Å². The van der Waals surface area contributed by atoms with Crippen LogP contribution in [0.25, 0.3) is 6.08 Å². The molecule has 1 N–H and O–H groups in total. The fourth-order valence-corrected chi connectivity index (χ4v) is 4.32. The number of carbonyl (C=O) groups is 1. The van der Waals surface area contributed by atoms with Crippen molar-refractivity contribution in [3.8, 4) is 0 Å². The summed E-state index contributed by atoms with van der Waals surface area (Å²) in [7, 11) is 0. The minimum Gasteiger partial charge on any atom is -0.350 e. The van der Waals surface area contributed by atoms with Crippen molar-refractivity contribution in [3.05, 3.63) is 41.5 Å². The Morgan fingerprint density at radius 2 is 2.05 bits per heavy atom. The van der Waals surface area contributed by atoms with E-state index < -0.39 is 0 Å². The minimum atomic E-state index is 0.0369. The first-order chi connectivity index (χ1) is 10.7. The van der Waals surface area contributed by atoms with Crippen molar-refractivity contribution < 1.29 is 4.79 Å². The summed E-state index contributed by atoms with van der Waals surface area (Å²) in [6.45, 7) is 4.32. The smallest absolute Gasteiger partial charge is 0.244 e. The highest BCUT2D eigenvalue weighted by atomic mass is 16.1. The molecule has 2 bridgehead atoms. The number of aryl methyl sites for hydroxylation is 1. The number of benzene rings is 1. The molecule has 2 nitrogen and oxygen atoms in total. The zero-order chi connectivity index (χ0) is 15.5. The highest BCUT2D eigenvalue weighted by Gasteiger charge is 2.41. The first kappa shape index (κ1) is 15.3. The van der Waals surface area contributed by atoms with Gasteiger partial charge in [-0.25, -0.2) is 0 Å².